The van der Waals surface area contributed by atoms with E-state index in [1.165, 1.54) is 0 Å². The summed E-state index contributed by atoms with van der Waals surface area (Å²) in [5, 5.41) is 1.97. The summed E-state index contributed by atoms with van der Waals surface area (Å²) in [7, 11) is 0. The van der Waals surface area contributed by atoms with Crippen LogP contribution in [0, 0.1) is 13.8 Å². The topological polar surface area (TPSA) is 52.8 Å². The Hall–Kier alpha value is -4.72. The highest BCUT2D eigenvalue weighted by Crippen LogP contribution is 2.39. The maximum Gasteiger partial charge on any atom is 0.416 e. The zero-order chi connectivity index (χ0) is 26.4. The summed E-state index contributed by atoms with van der Waals surface area (Å²) in [6, 6.07) is 20.7. The fourth-order valence-electron chi connectivity index (χ4n) is 4.57. The standard InChI is InChI=1S/C30H21F3N4O/c1-18-9-10-34-29(11-18)38-23-13-21(12-22(15-23)30(31,32)33)20-7-8-25-24-5-3-4-6-26(24)37(27(25)14-20)28-17-35-19(2)16-36-28/h3-17H,1-2H3. The quantitative estimate of drug-likeness (QED) is 0.241. The molecular weight excluding hydrogens is 489 g/mol. The summed E-state index contributed by atoms with van der Waals surface area (Å²) in [6.45, 7) is 3.72. The molecule has 0 aliphatic rings. The zero-order valence-corrected chi connectivity index (χ0v) is 20.5. The van der Waals surface area contributed by atoms with E-state index >= 15 is 0 Å². The Labute approximate surface area is 216 Å². The first-order chi connectivity index (χ1) is 18.3. The molecule has 3 heterocycles. The summed E-state index contributed by atoms with van der Waals surface area (Å²) in [6.07, 6.45) is 0.388. The summed E-state index contributed by atoms with van der Waals surface area (Å²) < 4.78 is 49.4. The number of aromatic nitrogens is 4. The van der Waals surface area contributed by atoms with E-state index in [0.29, 0.717) is 16.9 Å². The number of ether oxygens (including phenoxy) is 1. The monoisotopic (exact) mass is 510 g/mol. The number of hydrogen-bond acceptors (Lipinski definition) is 4. The molecule has 0 atom stereocenters. The van der Waals surface area contributed by atoms with Crippen LogP contribution in [-0.2, 0) is 6.18 Å². The van der Waals surface area contributed by atoms with Crippen LogP contribution < -0.4 is 4.74 Å². The minimum absolute atomic E-state index is 0.0537. The van der Waals surface area contributed by atoms with Crippen LogP contribution in [-0.4, -0.2) is 19.5 Å². The van der Waals surface area contributed by atoms with E-state index in [1.807, 2.05) is 60.9 Å². The van der Waals surface area contributed by atoms with Gasteiger partial charge in [0.2, 0.25) is 5.88 Å². The highest BCUT2D eigenvalue weighted by atomic mass is 19.4. The Morgan fingerprint density at radius 1 is 0.737 bits per heavy atom. The van der Waals surface area contributed by atoms with Crippen LogP contribution >= 0.6 is 0 Å². The highest BCUT2D eigenvalue weighted by Gasteiger charge is 2.32. The number of nitrogens with zero attached hydrogens (tertiary/aromatic N) is 4. The van der Waals surface area contributed by atoms with E-state index in [0.717, 1.165) is 45.2 Å². The molecule has 0 aliphatic carbocycles. The van der Waals surface area contributed by atoms with Gasteiger partial charge < -0.3 is 4.74 Å². The van der Waals surface area contributed by atoms with Crippen LogP contribution in [0.1, 0.15) is 16.8 Å². The lowest BCUT2D eigenvalue weighted by molar-refractivity contribution is -0.137. The van der Waals surface area contributed by atoms with E-state index < -0.39 is 11.7 Å². The van der Waals surface area contributed by atoms with Crippen molar-refractivity contribution in [3.05, 3.63) is 108 Å². The first-order valence-corrected chi connectivity index (χ1v) is 11.9. The zero-order valence-electron chi connectivity index (χ0n) is 20.5. The van der Waals surface area contributed by atoms with Crippen molar-refractivity contribution >= 4 is 21.8 Å². The molecule has 38 heavy (non-hydrogen) atoms. The summed E-state index contributed by atoms with van der Waals surface area (Å²) in [4.78, 5) is 13.1. The Morgan fingerprint density at radius 2 is 1.55 bits per heavy atom. The van der Waals surface area contributed by atoms with Gasteiger partial charge in [-0.25, -0.2) is 9.97 Å². The molecule has 6 aromatic rings. The van der Waals surface area contributed by atoms with Gasteiger partial charge in [0.05, 0.1) is 34.7 Å². The van der Waals surface area contributed by atoms with E-state index in [4.69, 9.17) is 4.74 Å². The second-order valence-electron chi connectivity index (χ2n) is 9.12. The van der Waals surface area contributed by atoms with Crippen LogP contribution in [0.3, 0.4) is 0 Å². The second-order valence-corrected chi connectivity index (χ2v) is 9.12. The molecular formula is C30H21F3N4O. The first-order valence-electron chi connectivity index (χ1n) is 11.9. The molecule has 0 saturated carbocycles. The average Bonchev–Trinajstić information content (AvgIpc) is 3.22. The minimum atomic E-state index is -4.55. The number of halogens is 3. The number of hydrogen-bond donors (Lipinski definition) is 0. The number of rotatable bonds is 4. The maximum atomic E-state index is 13.9. The van der Waals surface area contributed by atoms with Crippen molar-refractivity contribution in [2.45, 2.75) is 20.0 Å². The van der Waals surface area contributed by atoms with Gasteiger partial charge in [-0.05, 0) is 66.9 Å². The lowest BCUT2D eigenvalue weighted by Crippen LogP contribution is -2.05. The molecule has 0 N–H and O–H groups in total. The lowest BCUT2D eigenvalue weighted by Gasteiger charge is -2.14. The van der Waals surface area contributed by atoms with Crippen molar-refractivity contribution < 1.29 is 17.9 Å². The Kier molecular flexibility index (Phi) is 5.60. The molecule has 0 amide bonds. The van der Waals surface area contributed by atoms with Crippen molar-refractivity contribution in [3.8, 4) is 28.6 Å². The molecule has 0 spiro atoms. The molecule has 5 nitrogen and oxygen atoms in total. The van der Waals surface area contributed by atoms with Crippen molar-refractivity contribution in [1.29, 1.82) is 0 Å². The number of alkyl halides is 3. The SMILES string of the molecule is Cc1ccnc(Oc2cc(-c3ccc4c5ccccc5n(-c5cnc(C)cn5)c4c3)cc(C(F)(F)F)c2)c1. The molecule has 0 unspecified atom stereocenters. The summed E-state index contributed by atoms with van der Waals surface area (Å²) in [5.41, 5.74) is 3.58. The van der Waals surface area contributed by atoms with Gasteiger partial charge in [-0.3, -0.25) is 9.55 Å². The van der Waals surface area contributed by atoms with Gasteiger partial charge in [0, 0.05) is 23.0 Å². The van der Waals surface area contributed by atoms with E-state index in [-0.39, 0.29) is 11.6 Å². The molecule has 0 saturated heterocycles. The number of pyridine rings is 1. The van der Waals surface area contributed by atoms with Gasteiger partial charge in [-0.15, -0.1) is 0 Å². The van der Waals surface area contributed by atoms with E-state index in [2.05, 4.69) is 15.0 Å². The minimum Gasteiger partial charge on any atom is -0.439 e. The van der Waals surface area contributed by atoms with Crippen LogP contribution in [0.5, 0.6) is 11.6 Å². The van der Waals surface area contributed by atoms with E-state index in [1.54, 1.807) is 36.8 Å². The van der Waals surface area contributed by atoms with Crippen molar-refractivity contribution in [3.63, 3.8) is 0 Å². The number of benzene rings is 3. The van der Waals surface area contributed by atoms with Crippen LogP contribution in [0.4, 0.5) is 13.2 Å². The van der Waals surface area contributed by atoms with Gasteiger partial charge >= 0.3 is 6.18 Å². The van der Waals surface area contributed by atoms with Crippen molar-refractivity contribution in [2.24, 2.45) is 0 Å². The number of aryl methyl sites for hydroxylation is 2. The third kappa shape index (κ3) is 4.34. The number of fused-ring (bicyclic) bond motifs is 3. The molecule has 3 aromatic heterocycles. The Balaban J connectivity index is 1.55. The largest absolute Gasteiger partial charge is 0.439 e. The average molecular weight is 511 g/mol. The third-order valence-electron chi connectivity index (χ3n) is 6.35. The molecule has 0 aliphatic heterocycles. The smallest absolute Gasteiger partial charge is 0.416 e. The predicted molar refractivity (Wildman–Crippen MR) is 141 cm³/mol. The molecule has 0 radical (unpaired) electrons. The molecule has 0 bridgehead atoms. The normalized spacial score (nSPS) is 11.8. The summed E-state index contributed by atoms with van der Waals surface area (Å²) in [5.74, 6) is 0.902. The molecule has 8 heteroatoms. The first kappa shape index (κ1) is 23.7. The van der Waals surface area contributed by atoms with Crippen molar-refractivity contribution in [2.75, 3.05) is 0 Å². The second kappa shape index (κ2) is 8.99. The maximum absolute atomic E-state index is 13.9. The number of para-hydroxylation sites is 1. The van der Waals surface area contributed by atoms with E-state index in [9.17, 15) is 13.2 Å². The Bertz CT molecular complexity index is 1810. The highest BCUT2D eigenvalue weighted by molar-refractivity contribution is 6.10. The van der Waals surface area contributed by atoms with Crippen molar-refractivity contribution in [1.82, 2.24) is 19.5 Å². The lowest BCUT2D eigenvalue weighted by atomic mass is 10.0. The molecule has 0 fully saturated rings. The van der Waals surface area contributed by atoms with Gasteiger partial charge in [0.25, 0.3) is 0 Å². The molecule has 188 valence electrons. The van der Waals surface area contributed by atoms with Gasteiger partial charge in [-0.2, -0.15) is 13.2 Å². The molecule has 3 aromatic carbocycles. The predicted octanol–water partition coefficient (Wildman–Crippen LogP) is 8.06. The fraction of sp³-hybridized carbons (Fsp3) is 0.100. The fourth-order valence-corrected chi connectivity index (χ4v) is 4.57. The van der Waals surface area contributed by atoms with Gasteiger partial charge in [0.15, 0.2) is 5.82 Å². The van der Waals surface area contributed by atoms with Gasteiger partial charge in [0.1, 0.15) is 5.75 Å². The Morgan fingerprint density at radius 3 is 2.32 bits per heavy atom. The summed E-state index contributed by atoms with van der Waals surface area (Å²) >= 11 is 0. The molecule has 6 rings (SSSR count). The third-order valence-corrected chi connectivity index (χ3v) is 6.35. The van der Waals surface area contributed by atoms with Crippen LogP contribution in [0.2, 0.25) is 0 Å². The van der Waals surface area contributed by atoms with Gasteiger partial charge in [-0.1, -0.05) is 30.3 Å². The van der Waals surface area contributed by atoms with Crippen LogP contribution in [0.25, 0.3) is 38.8 Å². The van der Waals surface area contributed by atoms with Crippen LogP contribution in [0.15, 0.2) is 91.4 Å².